The van der Waals surface area contributed by atoms with Gasteiger partial charge in [0.1, 0.15) is 17.6 Å². The van der Waals surface area contributed by atoms with Gasteiger partial charge in [0.2, 0.25) is 0 Å². The predicted molar refractivity (Wildman–Crippen MR) is 75.7 cm³/mol. The Morgan fingerprint density at radius 3 is 2.71 bits per heavy atom. The van der Waals surface area contributed by atoms with E-state index < -0.39 is 12.0 Å². The summed E-state index contributed by atoms with van der Waals surface area (Å²) in [4.78, 5) is 10.9. The van der Waals surface area contributed by atoms with E-state index in [-0.39, 0.29) is 24.3 Å². The highest BCUT2D eigenvalue weighted by Gasteiger charge is 2.30. The van der Waals surface area contributed by atoms with E-state index in [0.29, 0.717) is 18.7 Å². The summed E-state index contributed by atoms with van der Waals surface area (Å²) < 4.78 is 14.5. The lowest BCUT2D eigenvalue weighted by atomic mass is 10.1. The van der Waals surface area contributed by atoms with Crippen LogP contribution in [0.1, 0.15) is 12.5 Å². The SMILES string of the molecule is Cl.O=C(O)[C@@H]1C[C@H](n2cc(-c3ccc(F)cc3)nn2)CN1. The molecule has 2 atom stereocenters. The van der Waals surface area contributed by atoms with Gasteiger partial charge < -0.3 is 10.4 Å². The van der Waals surface area contributed by atoms with Crippen LogP contribution in [-0.4, -0.2) is 38.7 Å². The Hall–Kier alpha value is -1.99. The Morgan fingerprint density at radius 1 is 1.38 bits per heavy atom. The van der Waals surface area contributed by atoms with Gasteiger partial charge in [0.25, 0.3) is 0 Å². The van der Waals surface area contributed by atoms with Crippen molar-refractivity contribution in [2.75, 3.05) is 6.54 Å². The van der Waals surface area contributed by atoms with Crippen molar-refractivity contribution >= 4 is 18.4 Å². The molecule has 112 valence electrons. The average molecular weight is 313 g/mol. The molecule has 0 aliphatic carbocycles. The molecule has 0 spiro atoms. The lowest BCUT2D eigenvalue weighted by Crippen LogP contribution is -2.29. The summed E-state index contributed by atoms with van der Waals surface area (Å²) in [7, 11) is 0. The molecule has 1 fully saturated rings. The van der Waals surface area contributed by atoms with Gasteiger partial charge in [0.15, 0.2) is 0 Å². The van der Waals surface area contributed by atoms with Crippen LogP contribution in [0, 0.1) is 5.82 Å². The molecule has 0 bridgehead atoms. The molecule has 1 aliphatic heterocycles. The molecule has 0 amide bonds. The summed E-state index contributed by atoms with van der Waals surface area (Å²) in [6.45, 7) is 0.545. The fourth-order valence-electron chi connectivity index (χ4n) is 2.31. The van der Waals surface area contributed by atoms with Gasteiger partial charge in [0.05, 0.1) is 12.2 Å². The molecule has 2 aromatic rings. The number of carboxylic acid groups (broad SMARTS) is 1. The Labute approximate surface area is 126 Å². The van der Waals surface area contributed by atoms with Crippen LogP contribution in [0.3, 0.4) is 0 Å². The number of hydrogen-bond acceptors (Lipinski definition) is 4. The van der Waals surface area contributed by atoms with Crippen molar-refractivity contribution in [2.45, 2.75) is 18.5 Å². The number of carbonyl (C=O) groups is 1. The second-order valence-corrected chi connectivity index (χ2v) is 4.78. The molecule has 1 aromatic carbocycles. The van der Waals surface area contributed by atoms with Crippen molar-refractivity contribution < 1.29 is 14.3 Å². The van der Waals surface area contributed by atoms with Gasteiger partial charge >= 0.3 is 5.97 Å². The van der Waals surface area contributed by atoms with Crippen molar-refractivity contribution in [3.8, 4) is 11.3 Å². The molecule has 6 nitrogen and oxygen atoms in total. The van der Waals surface area contributed by atoms with Gasteiger partial charge in [-0.1, -0.05) is 5.21 Å². The molecule has 2 heterocycles. The predicted octanol–water partition coefficient (Wildman–Crippen LogP) is 1.49. The molecule has 0 unspecified atom stereocenters. The molecule has 2 N–H and O–H groups in total. The lowest BCUT2D eigenvalue weighted by molar-refractivity contribution is -0.139. The second kappa shape index (κ2) is 6.19. The van der Waals surface area contributed by atoms with Gasteiger partial charge in [-0.05, 0) is 30.7 Å². The van der Waals surface area contributed by atoms with Gasteiger partial charge in [-0.15, -0.1) is 17.5 Å². The summed E-state index contributed by atoms with van der Waals surface area (Å²) in [5.41, 5.74) is 1.42. The maximum Gasteiger partial charge on any atom is 0.320 e. The number of halogens is 2. The van der Waals surface area contributed by atoms with Gasteiger partial charge in [-0.3, -0.25) is 4.79 Å². The van der Waals surface area contributed by atoms with Crippen LogP contribution in [-0.2, 0) is 4.79 Å². The minimum Gasteiger partial charge on any atom is -0.480 e. The first-order valence-corrected chi connectivity index (χ1v) is 6.27. The van der Waals surface area contributed by atoms with Gasteiger partial charge in [0, 0.05) is 12.1 Å². The summed E-state index contributed by atoms with van der Waals surface area (Å²) in [5.74, 6) is -1.16. The second-order valence-electron chi connectivity index (χ2n) is 4.78. The van der Waals surface area contributed by atoms with E-state index in [0.717, 1.165) is 5.56 Å². The monoisotopic (exact) mass is 312 g/mol. The third kappa shape index (κ3) is 3.20. The molecular weight excluding hydrogens is 299 g/mol. The van der Waals surface area contributed by atoms with Crippen LogP contribution in [0.4, 0.5) is 4.39 Å². The smallest absolute Gasteiger partial charge is 0.320 e. The molecule has 3 rings (SSSR count). The topological polar surface area (TPSA) is 80.0 Å². The summed E-state index contributed by atoms with van der Waals surface area (Å²) in [6, 6.07) is 5.43. The molecule has 1 aromatic heterocycles. The summed E-state index contributed by atoms with van der Waals surface area (Å²) in [6.07, 6.45) is 2.23. The molecule has 0 radical (unpaired) electrons. The number of rotatable bonds is 3. The zero-order valence-electron chi connectivity index (χ0n) is 10.9. The highest BCUT2D eigenvalue weighted by atomic mass is 35.5. The third-order valence-electron chi connectivity index (χ3n) is 3.43. The number of nitrogens with one attached hydrogen (secondary N) is 1. The van der Waals surface area contributed by atoms with E-state index >= 15 is 0 Å². The van der Waals surface area contributed by atoms with Crippen molar-refractivity contribution in [2.24, 2.45) is 0 Å². The number of carboxylic acids is 1. The van der Waals surface area contributed by atoms with Crippen molar-refractivity contribution in [3.05, 3.63) is 36.3 Å². The standard InChI is InChI=1S/C13H13FN4O2.ClH/c14-9-3-1-8(2-4-9)12-7-18(17-16-12)10-5-11(13(19)20)15-6-10;/h1-4,7,10-11,15H,5-6H2,(H,19,20);1H/t10-,11-;/m0./s1. The summed E-state index contributed by atoms with van der Waals surface area (Å²) in [5, 5.41) is 19.9. The highest BCUT2D eigenvalue weighted by molar-refractivity contribution is 5.85. The number of nitrogens with zero attached hydrogens (tertiary/aromatic N) is 3. The van der Waals surface area contributed by atoms with E-state index in [1.807, 2.05) is 0 Å². The van der Waals surface area contributed by atoms with Crippen LogP contribution < -0.4 is 5.32 Å². The van der Waals surface area contributed by atoms with E-state index in [1.54, 1.807) is 23.0 Å². The lowest BCUT2D eigenvalue weighted by Gasteiger charge is -2.06. The fourth-order valence-corrected chi connectivity index (χ4v) is 2.31. The largest absolute Gasteiger partial charge is 0.480 e. The maximum atomic E-state index is 12.9. The Balaban J connectivity index is 0.00000161. The normalized spacial score (nSPS) is 21.0. The number of aliphatic carboxylic acids is 1. The Bertz CT molecular complexity index is 631. The minimum atomic E-state index is -0.855. The maximum absolute atomic E-state index is 12.9. The Kier molecular flexibility index (Phi) is 4.54. The van der Waals surface area contributed by atoms with Gasteiger partial charge in [-0.2, -0.15) is 0 Å². The van der Waals surface area contributed by atoms with Crippen LogP contribution >= 0.6 is 12.4 Å². The molecule has 1 aliphatic rings. The first-order valence-electron chi connectivity index (χ1n) is 6.27. The number of aromatic nitrogens is 3. The quantitative estimate of drug-likeness (QED) is 0.897. The molecule has 1 saturated heterocycles. The third-order valence-corrected chi connectivity index (χ3v) is 3.43. The van der Waals surface area contributed by atoms with E-state index in [1.165, 1.54) is 12.1 Å². The van der Waals surface area contributed by atoms with Crippen LogP contribution in [0.2, 0.25) is 0 Å². The van der Waals surface area contributed by atoms with E-state index in [9.17, 15) is 9.18 Å². The summed E-state index contributed by atoms with van der Waals surface area (Å²) >= 11 is 0. The zero-order valence-corrected chi connectivity index (χ0v) is 11.8. The highest BCUT2D eigenvalue weighted by Crippen LogP contribution is 2.22. The zero-order chi connectivity index (χ0) is 14.1. The Morgan fingerprint density at radius 2 is 2.10 bits per heavy atom. The van der Waals surface area contributed by atoms with Crippen LogP contribution in [0.5, 0.6) is 0 Å². The van der Waals surface area contributed by atoms with Crippen LogP contribution in [0.15, 0.2) is 30.5 Å². The number of hydrogen-bond donors (Lipinski definition) is 2. The average Bonchev–Trinajstić information content (AvgIpc) is 3.08. The van der Waals surface area contributed by atoms with Gasteiger partial charge in [-0.25, -0.2) is 9.07 Å². The first kappa shape index (κ1) is 15.4. The van der Waals surface area contributed by atoms with Crippen molar-refractivity contribution in [1.82, 2.24) is 20.3 Å². The van der Waals surface area contributed by atoms with Crippen molar-refractivity contribution in [3.63, 3.8) is 0 Å². The molecule has 21 heavy (non-hydrogen) atoms. The molecule has 0 saturated carbocycles. The number of benzene rings is 1. The first-order chi connectivity index (χ1) is 9.63. The fraction of sp³-hybridized carbons (Fsp3) is 0.308. The van der Waals surface area contributed by atoms with Crippen LogP contribution in [0.25, 0.3) is 11.3 Å². The van der Waals surface area contributed by atoms with E-state index in [2.05, 4.69) is 15.6 Å². The van der Waals surface area contributed by atoms with E-state index in [4.69, 9.17) is 5.11 Å². The molecular formula is C13H14ClFN4O2. The van der Waals surface area contributed by atoms with Crippen molar-refractivity contribution in [1.29, 1.82) is 0 Å². The molecule has 8 heteroatoms. The minimum absolute atomic E-state index is 0.